The van der Waals surface area contributed by atoms with Gasteiger partial charge in [0, 0.05) is 0 Å². The van der Waals surface area contributed by atoms with Crippen molar-refractivity contribution in [1.82, 2.24) is 10.6 Å². The Balaban J connectivity index is 2.48. The zero-order chi connectivity index (χ0) is 13.5. The summed E-state index contributed by atoms with van der Waals surface area (Å²) in [4.78, 5) is 22.0. The summed E-state index contributed by atoms with van der Waals surface area (Å²) in [7, 11) is 0. The number of hydrogen-bond acceptors (Lipinski definition) is 3. The fourth-order valence-electron chi connectivity index (χ4n) is 1.29. The lowest BCUT2D eigenvalue weighted by Gasteiger charge is -2.02. The van der Waals surface area contributed by atoms with Gasteiger partial charge in [0.1, 0.15) is 17.1 Å². The lowest BCUT2D eigenvalue weighted by Crippen LogP contribution is -2.35. The van der Waals surface area contributed by atoms with Crippen molar-refractivity contribution >= 4 is 12.0 Å². The van der Waals surface area contributed by atoms with Gasteiger partial charge in [-0.2, -0.15) is 0 Å². The van der Waals surface area contributed by atoms with Crippen LogP contribution in [0, 0.1) is 18.8 Å². The van der Waals surface area contributed by atoms with Crippen LogP contribution in [0.3, 0.4) is 0 Å². The Bertz CT molecular complexity index is 508. The molecule has 0 bridgehead atoms. The number of carbonyl (C=O) groups is 2. The van der Waals surface area contributed by atoms with Gasteiger partial charge in [-0.25, -0.2) is 9.59 Å². The molecule has 3 N–H and O–H groups in total. The Morgan fingerprint density at radius 3 is 2.72 bits per heavy atom. The van der Waals surface area contributed by atoms with E-state index in [2.05, 4.69) is 22.5 Å². The molecule has 1 heterocycles. The molecule has 1 rings (SSSR count). The fraction of sp³-hybridized carbons (Fsp3) is 0.333. The number of urea groups is 1. The van der Waals surface area contributed by atoms with Gasteiger partial charge in [0.2, 0.25) is 0 Å². The van der Waals surface area contributed by atoms with Gasteiger partial charge >= 0.3 is 12.0 Å². The molecule has 6 heteroatoms. The average molecular weight is 250 g/mol. The molecule has 0 aliphatic carbocycles. The molecule has 6 nitrogen and oxygen atoms in total. The maximum Gasteiger partial charge on any atom is 0.339 e. The first-order chi connectivity index (χ1) is 8.54. The highest BCUT2D eigenvalue weighted by atomic mass is 16.4. The van der Waals surface area contributed by atoms with Gasteiger partial charge in [0.25, 0.3) is 0 Å². The average Bonchev–Trinajstić information content (AvgIpc) is 2.68. The van der Waals surface area contributed by atoms with Crippen molar-refractivity contribution in [2.24, 2.45) is 0 Å². The summed E-state index contributed by atoms with van der Waals surface area (Å²) in [6.45, 7) is 3.63. The van der Waals surface area contributed by atoms with Crippen LogP contribution in [-0.4, -0.2) is 23.7 Å². The maximum absolute atomic E-state index is 11.3. The van der Waals surface area contributed by atoms with Crippen molar-refractivity contribution in [3.63, 3.8) is 0 Å². The standard InChI is InChI=1S/C12H14N2O4/c1-3-4-5-13-12(17)14-7-9-6-10(11(15)16)8(2)18-9/h6H,5,7H2,1-2H3,(H,15,16)(H2,13,14,17). The van der Waals surface area contributed by atoms with Gasteiger partial charge in [0.15, 0.2) is 0 Å². The van der Waals surface area contributed by atoms with Crippen molar-refractivity contribution < 1.29 is 19.1 Å². The maximum atomic E-state index is 11.3. The van der Waals surface area contributed by atoms with Crippen LogP contribution in [0.5, 0.6) is 0 Å². The summed E-state index contributed by atoms with van der Waals surface area (Å²) in [5.41, 5.74) is 0.101. The molecule has 0 aromatic carbocycles. The molecule has 0 unspecified atom stereocenters. The van der Waals surface area contributed by atoms with Crippen molar-refractivity contribution in [1.29, 1.82) is 0 Å². The SMILES string of the molecule is CC#CCNC(=O)NCc1cc(C(=O)O)c(C)o1. The molecule has 0 fully saturated rings. The number of aryl methyl sites for hydroxylation is 1. The smallest absolute Gasteiger partial charge is 0.339 e. The quantitative estimate of drug-likeness (QED) is 0.698. The van der Waals surface area contributed by atoms with E-state index in [9.17, 15) is 9.59 Å². The van der Waals surface area contributed by atoms with E-state index in [-0.39, 0.29) is 24.7 Å². The molecule has 0 saturated carbocycles. The summed E-state index contributed by atoms with van der Waals surface area (Å²) in [6.07, 6.45) is 0. The molecule has 0 radical (unpaired) electrons. The van der Waals surface area contributed by atoms with Gasteiger partial charge < -0.3 is 20.2 Å². The van der Waals surface area contributed by atoms with Crippen molar-refractivity contribution in [2.45, 2.75) is 20.4 Å². The Labute approximate surface area is 104 Å². The van der Waals surface area contributed by atoms with Crippen molar-refractivity contribution in [3.05, 3.63) is 23.2 Å². The first-order valence-electron chi connectivity index (χ1n) is 5.28. The molecule has 0 aliphatic rings. The Hall–Kier alpha value is -2.42. The van der Waals surface area contributed by atoms with E-state index in [0.717, 1.165) is 0 Å². The highest BCUT2D eigenvalue weighted by molar-refractivity contribution is 5.88. The number of carboxylic acids is 1. The summed E-state index contributed by atoms with van der Waals surface area (Å²) in [5, 5.41) is 13.9. The van der Waals surface area contributed by atoms with Crippen molar-refractivity contribution in [2.75, 3.05) is 6.54 Å². The van der Waals surface area contributed by atoms with E-state index in [1.54, 1.807) is 13.8 Å². The van der Waals surface area contributed by atoms with Crippen LogP contribution < -0.4 is 10.6 Å². The molecule has 0 spiro atoms. The van der Waals surface area contributed by atoms with E-state index in [4.69, 9.17) is 9.52 Å². The van der Waals surface area contributed by atoms with E-state index in [1.165, 1.54) is 6.07 Å². The predicted octanol–water partition coefficient (Wildman–Crippen LogP) is 1.11. The van der Waals surface area contributed by atoms with Gasteiger partial charge in [-0.3, -0.25) is 0 Å². The molecule has 0 aliphatic heterocycles. The van der Waals surface area contributed by atoms with Crippen LogP contribution in [0.2, 0.25) is 0 Å². The molecule has 1 aromatic heterocycles. The topological polar surface area (TPSA) is 91.6 Å². The van der Waals surface area contributed by atoms with Gasteiger partial charge in [-0.1, -0.05) is 5.92 Å². The lowest BCUT2D eigenvalue weighted by molar-refractivity contribution is 0.0695. The van der Waals surface area contributed by atoms with Crippen LogP contribution >= 0.6 is 0 Å². The molecule has 2 amide bonds. The van der Waals surface area contributed by atoms with Gasteiger partial charge in [-0.05, 0) is 19.9 Å². The minimum absolute atomic E-state index is 0.101. The number of amides is 2. The molecule has 1 aromatic rings. The first-order valence-corrected chi connectivity index (χ1v) is 5.28. The Morgan fingerprint density at radius 1 is 1.44 bits per heavy atom. The van der Waals surface area contributed by atoms with E-state index < -0.39 is 5.97 Å². The van der Waals surface area contributed by atoms with E-state index >= 15 is 0 Å². The lowest BCUT2D eigenvalue weighted by atomic mass is 10.2. The third kappa shape index (κ3) is 3.87. The van der Waals surface area contributed by atoms with Crippen LogP contribution in [0.1, 0.15) is 28.8 Å². The molecule has 0 atom stereocenters. The van der Waals surface area contributed by atoms with Gasteiger partial charge in [-0.15, -0.1) is 5.92 Å². The second kappa shape index (κ2) is 6.35. The molecule has 0 saturated heterocycles. The number of hydrogen-bond donors (Lipinski definition) is 3. The van der Waals surface area contributed by atoms with Crippen LogP contribution in [0.25, 0.3) is 0 Å². The third-order valence-corrected chi connectivity index (χ3v) is 2.14. The molecular formula is C12H14N2O4. The molecule has 96 valence electrons. The Morgan fingerprint density at radius 2 is 2.17 bits per heavy atom. The monoisotopic (exact) mass is 250 g/mol. The minimum atomic E-state index is -1.05. The number of carboxylic acid groups (broad SMARTS) is 1. The van der Waals surface area contributed by atoms with E-state index in [1.807, 2.05) is 0 Å². The van der Waals surface area contributed by atoms with Crippen LogP contribution in [-0.2, 0) is 6.54 Å². The van der Waals surface area contributed by atoms with Crippen molar-refractivity contribution in [3.8, 4) is 11.8 Å². The largest absolute Gasteiger partial charge is 0.478 e. The molecular weight excluding hydrogens is 236 g/mol. The zero-order valence-electron chi connectivity index (χ0n) is 10.2. The fourth-order valence-corrected chi connectivity index (χ4v) is 1.29. The third-order valence-electron chi connectivity index (χ3n) is 2.14. The predicted molar refractivity (Wildman–Crippen MR) is 64.1 cm³/mol. The number of furan rings is 1. The second-order valence-electron chi connectivity index (χ2n) is 3.45. The second-order valence-corrected chi connectivity index (χ2v) is 3.45. The number of nitrogens with one attached hydrogen (secondary N) is 2. The number of aromatic carboxylic acids is 1. The molecule has 18 heavy (non-hydrogen) atoms. The van der Waals surface area contributed by atoms with Crippen LogP contribution in [0.4, 0.5) is 4.79 Å². The summed E-state index contributed by atoms with van der Waals surface area (Å²) >= 11 is 0. The minimum Gasteiger partial charge on any atom is -0.478 e. The number of carbonyl (C=O) groups excluding carboxylic acids is 1. The highest BCUT2D eigenvalue weighted by Crippen LogP contribution is 2.14. The summed E-state index contributed by atoms with van der Waals surface area (Å²) in [5.74, 6) is 4.98. The zero-order valence-corrected chi connectivity index (χ0v) is 10.2. The highest BCUT2D eigenvalue weighted by Gasteiger charge is 2.13. The van der Waals surface area contributed by atoms with E-state index in [0.29, 0.717) is 11.5 Å². The number of rotatable bonds is 4. The Kier molecular flexibility index (Phi) is 4.81. The first kappa shape index (κ1) is 13.6. The normalized spacial score (nSPS) is 9.22. The van der Waals surface area contributed by atoms with Gasteiger partial charge in [0.05, 0.1) is 13.1 Å². The summed E-state index contributed by atoms with van der Waals surface area (Å²) < 4.78 is 5.20. The summed E-state index contributed by atoms with van der Waals surface area (Å²) in [6, 6.07) is 1.01. The van der Waals surface area contributed by atoms with Crippen LogP contribution in [0.15, 0.2) is 10.5 Å².